The van der Waals surface area contributed by atoms with Gasteiger partial charge in [0, 0.05) is 5.88 Å². The van der Waals surface area contributed by atoms with E-state index < -0.39 is 0 Å². The van der Waals surface area contributed by atoms with E-state index in [-0.39, 0.29) is 0 Å². The zero-order chi connectivity index (χ0) is 18.9. The lowest BCUT2D eigenvalue weighted by molar-refractivity contribution is 0.317. The second-order valence-electron chi connectivity index (χ2n) is 6.40. The first-order valence-electron chi connectivity index (χ1n) is 9.46. The quantitative estimate of drug-likeness (QED) is 0.302. The molecule has 0 spiro atoms. The van der Waals surface area contributed by atoms with Gasteiger partial charge in [-0.3, -0.25) is 0 Å². The molecule has 0 aliphatic heterocycles. The van der Waals surface area contributed by atoms with Gasteiger partial charge in [0.2, 0.25) is 0 Å². The zero-order valence-electron chi connectivity index (χ0n) is 15.7. The van der Waals surface area contributed by atoms with Crippen molar-refractivity contribution in [3.05, 3.63) is 102 Å². The first kappa shape index (κ1) is 19.3. The normalized spacial score (nSPS) is 11.8. The average Bonchev–Trinajstić information content (AvgIpc) is 2.74. The molecule has 0 aliphatic rings. The molecule has 0 atom stereocenters. The second-order valence-corrected chi connectivity index (χ2v) is 6.78. The Hall–Kier alpha value is -2.51. The van der Waals surface area contributed by atoms with E-state index in [1.165, 1.54) is 27.8 Å². The van der Waals surface area contributed by atoms with Gasteiger partial charge < -0.3 is 4.74 Å². The van der Waals surface area contributed by atoms with Crippen LogP contribution in [-0.2, 0) is 0 Å². The van der Waals surface area contributed by atoms with Crippen molar-refractivity contribution in [2.75, 3.05) is 12.5 Å². The van der Waals surface area contributed by atoms with Crippen LogP contribution in [0.3, 0.4) is 0 Å². The van der Waals surface area contributed by atoms with Gasteiger partial charge in [-0.15, -0.1) is 11.6 Å². The summed E-state index contributed by atoms with van der Waals surface area (Å²) in [4.78, 5) is 0. The van der Waals surface area contributed by atoms with Crippen molar-refractivity contribution in [2.24, 2.45) is 0 Å². The Bertz CT molecular complexity index is 852. The van der Waals surface area contributed by atoms with Crippen molar-refractivity contribution in [3.63, 3.8) is 0 Å². The fraction of sp³-hybridized carbons (Fsp3) is 0.200. The lowest BCUT2D eigenvalue weighted by Crippen LogP contribution is -1.98. The molecule has 3 rings (SSSR count). The van der Waals surface area contributed by atoms with Crippen LogP contribution in [0.4, 0.5) is 0 Å². The van der Waals surface area contributed by atoms with Gasteiger partial charge in [-0.2, -0.15) is 0 Å². The summed E-state index contributed by atoms with van der Waals surface area (Å²) in [5, 5.41) is 0. The number of hydrogen-bond donors (Lipinski definition) is 0. The van der Waals surface area contributed by atoms with Gasteiger partial charge in [-0.05, 0) is 52.8 Å². The van der Waals surface area contributed by atoms with E-state index in [1.54, 1.807) is 0 Å². The molecule has 3 aromatic carbocycles. The number of benzene rings is 3. The number of rotatable bonds is 8. The van der Waals surface area contributed by atoms with Crippen LogP contribution in [0.1, 0.15) is 36.5 Å². The Labute approximate surface area is 167 Å². The average molecular weight is 377 g/mol. The van der Waals surface area contributed by atoms with Crippen LogP contribution >= 0.6 is 11.6 Å². The molecule has 138 valence electrons. The molecule has 0 amide bonds. The van der Waals surface area contributed by atoms with E-state index in [1.807, 2.05) is 12.1 Å². The number of allylic oxidation sites excluding steroid dienone is 1. The van der Waals surface area contributed by atoms with Crippen LogP contribution < -0.4 is 4.74 Å². The maximum absolute atomic E-state index is 6.19. The van der Waals surface area contributed by atoms with E-state index in [4.69, 9.17) is 16.3 Å². The Morgan fingerprint density at radius 2 is 1.30 bits per heavy atom. The molecular weight excluding hydrogens is 352 g/mol. The highest BCUT2D eigenvalue weighted by Gasteiger charge is 2.14. The van der Waals surface area contributed by atoms with Crippen LogP contribution in [0.15, 0.2) is 84.9 Å². The van der Waals surface area contributed by atoms with Crippen LogP contribution in [0.5, 0.6) is 5.75 Å². The zero-order valence-corrected chi connectivity index (χ0v) is 16.5. The maximum atomic E-state index is 6.19. The summed E-state index contributed by atoms with van der Waals surface area (Å²) in [6.45, 7) is 2.85. The van der Waals surface area contributed by atoms with Crippen LogP contribution in [0, 0.1) is 0 Å². The minimum absolute atomic E-state index is 0.582. The number of ether oxygens (including phenoxy) is 1. The molecule has 1 nitrogen and oxygen atoms in total. The second kappa shape index (κ2) is 9.99. The van der Waals surface area contributed by atoms with Crippen LogP contribution in [-0.4, -0.2) is 12.5 Å². The standard InChI is InChI=1S/C25H25ClO/c1-2-19-27-23-15-13-22(14-16-23)25(21-11-7-4-8-12-21)24(17-18-26)20-9-5-3-6-10-20/h3-16H,2,17-19H2,1H3. The molecule has 0 unspecified atom stereocenters. The smallest absolute Gasteiger partial charge is 0.119 e. The summed E-state index contributed by atoms with van der Waals surface area (Å²) in [5.74, 6) is 1.49. The maximum Gasteiger partial charge on any atom is 0.119 e. The van der Waals surface area contributed by atoms with Crippen molar-refractivity contribution in [3.8, 4) is 5.75 Å². The van der Waals surface area contributed by atoms with Gasteiger partial charge in [-0.1, -0.05) is 79.7 Å². The molecule has 0 N–H and O–H groups in total. The summed E-state index contributed by atoms with van der Waals surface area (Å²) in [6.07, 6.45) is 1.81. The molecular formula is C25H25ClO. The fourth-order valence-corrected chi connectivity index (χ4v) is 3.39. The summed E-state index contributed by atoms with van der Waals surface area (Å²) >= 11 is 6.19. The minimum atomic E-state index is 0.582. The summed E-state index contributed by atoms with van der Waals surface area (Å²) in [5.41, 5.74) is 6.07. The minimum Gasteiger partial charge on any atom is -0.494 e. The summed E-state index contributed by atoms with van der Waals surface area (Å²) in [7, 11) is 0. The predicted molar refractivity (Wildman–Crippen MR) is 116 cm³/mol. The molecule has 0 heterocycles. The first-order valence-corrected chi connectivity index (χ1v) is 10.00. The Morgan fingerprint density at radius 1 is 0.741 bits per heavy atom. The van der Waals surface area contributed by atoms with E-state index in [9.17, 15) is 0 Å². The van der Waals surface area contributed by atoms with Gasteiger partial charge >= 0.3 is 0 Å². The molecule has 0 saturated carbocycles. The number of halogens is 1. The molecule has 0 saturated heterocycles. The van der Waals surface area contributed by atoms with Crippen molar-refractivity contribution >= 4 is 22.7 Å². The largest absolute Gasteiger partial charge is 0.494 e. The van der Waals surface area contributed by atoms with Crippen LogP contribution in [0.25, 0.3) is 11.1 Å². The lowest BCUT2D eigenvalue weighted by Gasteiger charge is -2.17. The predicted octanol–water partition coefficient (Wildman–Crippen LogP) is 7.06. The van der Waals surface area contributed by atoms with E-state index >= 15 is 0 Å². The molecule has 0 aliphatic carbocycles. The van der Waals surface area contributed by atoms with E-state index in [2.05, 4.69) is 79.7 Å². The molecule has 27 heavy (non-hydrogen) atoms. The topological polar surface area (TPSA) is 9.23 Å². The van der Waals surface area contributed by atoms with Gasteiger partial charge in [0.1, 0.15) is 5.75 Å². The Morgan fingerprint density at radius 3 is 1.85 bits per heavy atom. The fourth-order valence-electron chi connectivity index (χ4n) is 3.21. The number of hydrogen-bond acceptors (Lipinski definition) is 1. The highest BCUT2D eigenvalue weighted by molar-refractivity contribution is 6.18. The monoisotopic (exact) mass is 376 g/mol. The lowest BCUT2D eigenvalue weighted by atomic mass is 9.88. The van der Waals surface area contributed by atoms with Crippen molar-refractivity contribution in [2.45, 2.75) is 19.8 Å². The Balaban J connectivity index is 2.13. The summed E-state index contributed by atoms with van der Waals surface area (Å²) in [6, 6.07) is 29.4. The third-order valence-electron chi connectivity index (χ3n) is 4.45. The molecule has 2 heteroatoms. The van der Waals surface area contributed by atoms with Crippen molar-refractivity contribution in [1.29, 1.82) is 0 Å². The van der Waals surface area contributed by atoms with E-state index in [0.29, 0.717) is 5.88 Å². The third-order valence-corrected chi connectivity index (χ3v) is 4.64. The summed E-state index contributed by atoms with van der Waals surface area (Å²) < 4.78 is 5.75. The molecule has 0 bridgehead atoms. The Kier molecular flexibility index (Phi) is 7.12. The van der Waals surface area contributed by atoms with Gasteiger partial charge in [-0.25, -0.2) is 0 Å². The molecule has 0 aromatic heterocycles. The first-order chi connectivity index (χ1) is 13.3. The van der Waals surface area contributed by atoms with Crippen molar-refractivity contribution < 1.29 is 4.74 Å². The van der Waals surface area contributed by atoms with Crippen LogP contribution in [0.2, 0.25) is 0 Å². The highest BCUT2D eigenvalue weighted by atomic mass is 35.5. The highest BCUT2D eigenvalue weighted by Crippen LogP contribution is 2.35. The van der Waals surface area contributed by atoms with Crippen molar-refractivity contribution in [1.82, 2.24) is 0 Å². The molecule has 0 radical (unpaired) electrons. The molecule has 0 fully saturated rings. The SMILES string of the molecule is CCCOc1ccc(C(=C(CCCl)c2ccccc2)c2ccccc2)cc1. The number of alkyl halides is 1. The third kappa shape index (κ3) is 5.02. The molecule has 3 aromatic rings. The van der Waals surface area contributed by atoms with Gasteiger partial charge in [0.25, 0.3) is 0 Å². The van der Waals surface area contributed by atoms with Gasteiger partial charge in [0.05, 0.1) is 6.61 Å². The van der Waals surface area contributed by atoms with E-state index in [0.717, 1.165) is 25.2 Å². The van der Waals surface area contributed by atoms with Gasteiger partial charge in [0.15, 0.2) is 0 Å².